The molecule has 0 amide bonds. The lowest BCUT2D eigenvalue weighted by molar-refractivity contribution is 0.0694. The summed E-state index contributed by atoms with van der Waals surface area (Å²) in [5.41, 5.74) is 1.05. The first-order valence-electron chi connectivity index (χ1n) is 5.34. The van der Waals surface area contributed by atoms with Gasteiger partial charge in [0.1, 0.15) is 5.75 Å². The molecule has 1 aromatic carbocycles. The van der Waals surface area contributed by atoms with Crippen molar-refractivity contribution < 1.29 is 19.6 Å². The van der Waals surface area contributed by atoms with Crippen molar-refractivity contribution in [3.63, 3.8) is 0 Å². The summed E-state index contributed by atoms with van der Waals surface area (Å²) in [4.78, 5) is 11.0. The second kappa shape index (κ2) is 3.01. The molecule has 1 aromatic rings. The molecule has 82 valence electrons. The predicted molar refractivity (Wildman–Crippen MR) is 57.7 cm³/mol. The molecule has 2 N–H and O–H groups in total. The van der Waals surface area contributed by atoms with E-state index in [1.54, 1.807) is 6.07 Å². The van der Waals surface area contributed by atoms with Crippen molar-refractivity contribution in [3.05, 3.63) is 29.3 Å². The van der Waals surface area contributed by atoms with E-state index in [1.165, 1.54) is 6.07 Å². The van der Waals surface area contributed by atoms with E-state index in [4.69, 9.17) is 9.76 Å². The summed E-state index contributed by atoms with van der Waals surface area (Å²) in [6, 6.07) is 5.15. The minimum Gasteiger partial charge on any atom is -0.535 e. The molecule has 3 rings (SSSR count). The molecule has 1 aliphatic carbocycles. The average Bonchev–Trinajstić information content (AvgIpc) is 2.97. The smallest absolute Gasteiger partial charge is 0.523 e. The van der Waals surface area contributed by atoms with Crippen molar-refractivity contribution in [3.8, 4) is 5.75 Å². The molecule has 0 unspecified atom stereocenters. The number of carbonyl (C=O) groups is 1. The Morgan fingerprint density at radius 1 is 1.44 bits per heavy atom. The van der Waals surface area contributed by atoms with Crippen LogP contribution in [0.1, 0.15) is 28.8 Å². The minimum atomic E-state index is -1.01. The van der Waals surface area contributed by atoms with Gasteiger partial charge in [-0.3, -0.25) is 0 Å². The Balaban J connectivity index is 2.18. The van der Waals surface area contributed by atoms with Gasteiger partial charge in [0.2, 0.25) is 0 Å². The molecular weight excluding hydrogens is 207 g/mol. The molecule has 0 radical (unpaired) electrons. The quantitative estimate of drug-likeness (QED) is 0.697. The number of para-hydroxylation sites is 1. The number of rotatable bonds is 1. The third-order valence-electron chi connectivity index (χ3n) is 3.49. The van der Waals surface area contributed by atoms with E-state index in [2.05, 4.69) is 0 Å². The van der Waals surface area contributed by atoms with Crippen LogP contribution in [-0.4, -0.2) is 23.2 Å². The number of carboxylic acid groups (broad SMARTS) is 1. The Morgan fingerprint density at radius 3 is 2.81 bits per heavy atom. The van der Waals surface area contributed by atoms with Crippen LogP contribution in [0.15, 0.2) is 18.2 Å². The van der Waals surface area contributed by atoms with Crippen LogP contribution in [0.3, 0.4) is 0 Å². The zero-order valence-electron chi connectivity index (χ0n) is 8.64. The van der Waals surface area contributed by atoms with Crippen LogP contribution in [-0.2, 0) is 5.41 Å². The zero-order valence-corrected chi connectivity index (χ0v) is 8.64. The number of aromatic carboxylic acids is 1. The SMILES string of the molecule is O=C(O)c1cccc2c1OB(O)CC21CC1. The highest BCUT2D eigenvalue weighted by atomic mass is 16.5. The third-order valence-corrected chi connectivity index (χ3v) is 3.49. The highest BCUT2D eigenvalue weighted by Crippen LogP contribution is 2.57. The van der Waals surface area contributed by atoms with Gasteiger partial charge in [0.25, 0.3) is 0 Å². The van der Waals surface area contributed by atoms with Crippen LogP contribution < -0.4 is 4.65 Å². The highest BCUT2D eigenvalue weighted by molar-refractivity contribution is 6.45. The lowest BCUT2D eigenvalue weighted by Gasteiger charge is -2.28. The Bertz CT molecular complexity index is 467. The summed E-state index contributed by atoms with van der Waals surface area (Å²) in [7, 11) is -0.879. The first kappa shape index (κ1) is 9.72. The van der Waals surface area contributed by atoms with Crippen LogP contribution in [0.5, 0.6) is 5.75 Å². The molecule has 1 fully saturated rings. The topological polar surface area (TPSA) is 66.8 Å². The van der Waals surface area contributed by atoms with Gasteiger partial charge in [-0.2, -0.15) is 0 Å². The number of benzene rings is 1. The van der Waals surface area contributed by atoms with E-state index < -0.39 is 13.1 Å². The minimum absolute atomic E-state index is 0.0293. The molecule has 0 bridgehead atoms. The Labute approximate surface area is 93.0 Å². The maximum absolute atomic E-state index is 11.0. The van der Waals surface area contributed by atoms with E-state index in [0.717, 1.165) is 18.4 Å². The average molecular weight is 218 g/mol. The van der Waals surface area contributed by atoms with E-state index in [0.29, 0.717) is 12.1 Å². The number of hydrogen-bond donors (Lipinski definition) is 2. The van der Waals surface area contributed by atoms with Gasteiger partial charge >= 0.3 is 13.1 Å². The van der Waals surface area contributed by atoms with E-state index in [9.17, 15) is 9.82 Å². The molecule has 0 atom stereocenters. The normalized spacial score (nSPS) is 20.2. The first-order chi connectivity index (χ1) is 7.62. The second-order valence-corrected chi connectivity index (χ2v) is 4.54. The fourth-order valence-corrected chi connectivity index (χ4v) is 2.50. The first-order valence-corrected chi connectivity index (χ1v) is 5.34. The maximum Gasteiger partial charge on any atom is 0.523 e. The fourth-order valence-electron chi connectivity index (χ4n) is 2.50. The molecule has 1 heterocycles. The molecule has 1 aliphatic heterocycles. The van der Waals surface area contributed by atoms with E-state index in [1.807, 2.05) is 6.07 Å². The van der Waals surface area contributed by atoms with Gasteiger partial charge in [0.05, 0.1) is 5.56 Å². The molecule has 5 heteroatoms. The van der Waals surface area contributed by atoms with Gasteiger partial charge < -0.3 is 14.8 Å². The lowest BCUT2D eigenvalue weighted by Crippen LogP contribution is -2.33. The summed E-state index contributed by atoms with van der Waals surface area (Å²) < 4.78 is 5.27. The van der Waals surface area contributed by atoms with Crippen molar-refractivity contribution in [2.45, 2.75) is 24.6 Å². The van der Waals surface area contributed by atoms with Crippen LogP contribution in [0.2, 0.25) is 6.32 Å². The van der Waals surface area contributed by atoms with E-state index in [-0.39, 0.29) is 11.0 Å². The molecular formula is C11H11BO4. The zero-order chi connectivity index (χ0) is 11.3. The monoisotopic (exact) mass is 218 g/mol. The highest BCUT2D eigenvalue weighted by Gasteiger charge is 2.52. The summed E-state index contributed by atoms with van der Waals surface area (Å²) >= 11 is 0. The molecule has 0 aromatic heterocycles. The lowest BCUT2D eigenvalue weighted by atomic mass is 9.69. The molecule has 1 saturated carbocycles. The Morgan fingerprint density at radius 2 is 2.19 bits per heavy atom. The number of fused-ring (bicyclic) bond motifs is 2. The van der Waals surface area contributed by atoms with Crippen LogP contribution in [0, 0.1) is 0 Å². The van der Waals surface area contributed by atoms with Crippen LogP contribution >= 0.6 is 0 Å². The standard InChI is InChI=1S/C11H11BO4/c13-10(14)7-2-1-3-8-9(7)16-12(15)6-11(8)4-5-11/h1-3,15H,4-6H2,(H,13,14). The largest absolute Gasteiger partial charge is 0.535 e. The van der Waals surface area contributed by atoms with Gasteiger partial charge in [-0.1, -0.05) is 12.1 Å². The summed E-state index contributed by atoms with van der Waals surface area (Å²) in [6.45, 7) is 0. The Hall–Kier alpha value is -1.49. The number of carboxylic acids is 1. The van der Waals surface area contributed by atoms with Gasteiger partial charge in [0.15, 0.2) is 0 Å². The second-order valence-electron chi connectivity index (χ2n) is 4.54. The summed E-state index contributed by atoms with van der Waals surface area (Å²) in [5.74, 6) is -0.659. The Kier molecular flexibility index (Phi) is 1.83. The molecule has 2 aliphatic rings. The van der Waals surface area contributed by atoms with Gasteiger partial charge in [-0.25, -0.2) is 4.79 Å². The van der Waals surface area contributed by atoms with Crippen LogP contribution in [0.4, 0.5) is 0 Å². The van der Waals surface area contributed by atoms with Crippen molar-refractivity contribution >= 4 is 13.1 Å². The van der Waals surface area contributed by atoms with Gasteiger partial charge in [0, 0.05) is 6.32 Å². The molecule has 4 nitrogen and oxygen atoms in total. The predicted octanol–water partition coefficient (Wildman–Crippen LogP) is 1.29. The maximum atomic E-state index is 11.0. The van der Waals surface area contributed by atoms with E-state index >= 15 is 0 Å². The molecule has 16 heavy (non-hydrogen) atoms. The van der Waals surface area contributed by atoms with Crippen molar-refractivity contribution in [2.24, 2.45) is 0 Å². The summed E-state index contributed by atoms with van der Waals surface area (Å²) in [6.07, 6.45) is 2.58. The van der Waals surface area contributed by atoms with Crippen molar-refractivity contribution in [1.29, 1.82) is 0 Å². The van der Waals surface area contributed by atoms with Gasteiger partial charge in [-0.05, 0) is 29.9 Å². The van der Waals surface area contributed by atoms with Crippen LogP contribution in [0.25, 0.3) is 0 Å². The number of hydrogen-bond acceptors (Lipinski definition) is 3. The van der Waals surface area contributed by atoms with Crippen molar-refractivity contribution in [2.75, 3.05) is 0 Å². The van der Waals surface area contributed by atoms with Gasteiger partial charge in [-0.15, -0.1) is 0 Å². The summed E-state index contributed by atoms with van der Waals surface area (Å²) in [5, 5.41) is 18.7. The fraction of sp³-hybridized carbons (Fsp3) is 0.364. The molecule has 0 saturated heterocycles. The molecule has 1 spiro atoms. The third kappa shape index (κ3) is 1.24. The van der Waals surface area contributed by atoms with Crippen molar-refractivity contribution in [1.82, 2.24) is 0 Å².